The third-order valence-electron chi connectivity index (χ3n) is 4.76. The van der Waals surface area contributed by atoms with Gasteiger partial charge in [-0.15, -0.1) is 0 Å². The topological polar surface area (TPSA) is 134 Å². The lowest BCUT2D eigenvalue weighted by Gasteiger charge is -2.06. The van der Waals surface area contributed by atoms with E-state index in [2.05, 4.69) is 10.4 Å². The van der Waals surface area contributed by atoms with Crippen LogP contribution < -0.4 is 20.9 Å². The lowest BCUT2D eigenvalue weighted by Crippen LogP contribution is -2.27. The van der Waals surface area contributed by atoms with Gasteiger partial charge in [-0.3, -0.25) is 0 Å². The summed E-state index contributed by atoms with van der Waals surface area (Å²) in [5.41, 5.74) is 7.00. The van der Waals surface area contributed by atoms with Crippen molar-refractivity contribution in [2.45, 2.75) is 19.3 Å². The molecule has 3 N–H and O–H groups in total. The highest BCUT2D eigenvalue weighted by atomic mass is 19.4. The summed E-state index contributed by atoms with van der Waals surface area (Å²) in [6.07, 6.45) is -7.00. The number of carbonyl (C=O) groups is 1. The van der Waals surface area contributed by atoms with Crippen LogP contribution in [-0.4, -0.2) is 50.4 Å². The normalized spacial score (nSPS) is 12.1. The minimum absolute atomic E-state index is 0.150. The molecule has 0 unspecified atom stereocenters. The molecule has 4 rings (SSSR count). The number of alkyl halides is 3. The predicted octanol–water partition coefficient (Wildman–Crippen LogP) is 2.63. The fraction of sp³-hybridized carbons (Fsp3) is 0.238. The highest BCUT2D eigenvalue weighted by molar-refractivity contribution is 5.73. The van der Waals surface area contributed by atoms with Gasteiger partial charge in [-0.05, 0) is 45.3 Å². The molecule has 36 heavy (non-hydrogen) atoms. The molecule has 2 heterocycles. The highest BCUT2D eigenvalue weighted by Gasteiger charge is 2.38. The van der Waals surface area contributed by atoms with Crippen molar-refractivity contribution in [3.63, 3.8) is 0 Å². The van der Waals surface area contributed by atoms with Crippen LogP contribution in [-0.2, 0) is 17.9 Å². The molecule has 0 fully saturated rings. The monoisotopic (exact) mass is 515 g/mol. The average Bonchev–Trinajstić information content (AvgIpc) is 3.43. The van der Waals surface area contributed by atoms with Crippen LogP contribution in [0.3, 0.4) is 0 Å². The summed E-state index contributed by atoms with van der Waals surface area (Å²) in [4.78, 5) is 21.3. The van der Waals surface area contributed by atoms with Crippen LogP contribution >= 0.6 is 0 Å². The average molecular weight is 515 g/mol. The molecule has 0 aliphatic carbocycles. The van der Waals surface area contributed by atoms with Crippen LogP contribution in [0.1, 0.15) is 5.56 Å². The van der Waals surface area contributed by atoms with E-state index in [1.54, 1.807) is 0 Å². The molecule has 15 heteroatoms. The molecule has 0 amide bonds. The second-order valence-electron chi connectivity index (χ2n) is 7.22. The first-order valence-electron chi connectivity index (χ1n) is 10.0. The number of nitrogens with two attached hydrogens (primary N) is 1. The Bertz CT molecular complexity index is 1330. The summed E-state index contributed by atoms with van der Waals surface area (Å²) in [5, 5.41) is 14.6. The number of benzene rings is 2. The molecule has 0 saturated carbocycles. The van der Waals surface area contributed by atoms with Crippen LogP contribution in [0.4, 0.5) is 22.0 Å². The predicted molar refractivity (Wildman–Crippen MR) is 113 cm³/mol. The Hall–Kier alpha value is -4.27. The Labute approximate surface area is 198 Å². The number of aliphatic carboxylic acids is 1. The first-order chi connectivity index (χ1) is 17.0. The summed E-state index contributed by atoms with van der Waals surface area (Å²) < 4.78 is 70.0. The molecule has 0 bridgehead atoms. The Morgan fingerprint density at radius 2 is 1.67 bits per heavy atom. The number of rotatable bonds is 6. The number of nitrogens with zero attached hydrogens (tertiary/aromatic N) is 4. The molecule has 192 valence electrons. The number of hydrogen-bond donors (Lipinski definition) is 2. The number of fused-ring (bicyclic) bond motifs is 1. The maximum absolute atomic E-state index is 12.8. The van der Waals surface area contributed by atoms with E-state index in [0.717, 1.165) is 26.1 Å². The highest BCUT2D eigenvalue weighted by Crippen LogP contribution is 2.36. The first kappa shape index (κ1) is 26.3. The molecule has 3 aromatic rings. The minimum Gasteiger partial charge on any atom is -0.475 e. The third kappa shape index (κ3) is 6.44. The van der Waals surface area contributed by atoms with Gasteiger partial charge in [0.2, 0.25) is 6.79 Å². The van der Waals surface area contributed by atoms with E-state index >= 15 is 0 Å². The number of halogens is 5. The summed E-state index contributed by atoms with van der Waals surface area (Å²) in [5.74, 6) is -1.38. The van der Waals surface area contributed by atoms with Gasteiger partial charge in [0.1, 0.15) is 0 Å². The number of hydrogen-bond acceptors (Lipinski definition) is 7. The summed E-state index contributed by atoms with van der Waals surface area (Å²) in [6.45, 7) is -0.407. The fourth-order valence-electron chi connectivity index (χ4n) is 2.99. The molecule has 10 nitrogen and oxygen atoms in total. The van der Waals surface area contributed by atoms with Gasteiger partial charge in [0.05, 0.1) is 13.1 Å². The van der Waals surface area contributed by atoms with Crippen LogP contribution in [0.2, 0.25) is 0 Å². The van der Waals surface area contributed by atoms with Crippen molar-refractivity contribution >= 4 is 5.97 Å². The Morgan fingerprint density at radius 1 is 1.03 bits per heavy atom. The van der Waals surface area contributed by atoms with Crippen molar-refractivity contribution in [2.75, 3.05) is 13.3 Å². The van der Waals surface area contributed by atoms with Crippen molar-refractivity contribution in [2.24, 2.45) is 5.73 Å². The molecule has 1 aromatic heterocycles. The number of tetrazole rings is 1. The largest absolute Gasteiger partial charge is 0.490 e. The van der Waals surface area contributed by atoms with Crippen LogP contribution in [0.25, 0.3) is 11.1 Å². The van der Waals surface area contributed by atoms with Crippen molar-refractivity contribution in [1.29, 1.82) is 0 Å². The molecule has 2 aromatic carbocycles. The van der Waals surface area contributed by atoms with E-state index < -0.39 is 30.5 Å². The van der Waals surface area contributed by atoms with Gasteiger partial charge in [0, 0.05) is 12.1 Å². The van der Waals surface area contributed by atoms with Crippen molar-refractivity contribution in [3.8, 4) is 22.6 Å². The van der Waals surface area contributed by atoms with Crippen LogP contribution in [0.5, 0.6) is 11.5 Å². The Balaban J connectivity index is 0.000000454. The zero-order valence-corrected chi connectivity index (χ0v) is 18.2. The third-order valence-corrected chi connectivity index (χ3v) is 4.76. The number of aromatic nitrogens is 4. The summed E-state index contributed by atoms with van der Waals surface area (Å²) in [6, 6.07) is 13.2. The number of ether oxygens (including phenoxy) is 2. The Morgan fingerprint density at radius 3 is 2.31 bits per heavy atom. The van der Waals surface area contributed by atoms with Gasteiger partial charge < -0.3 is 20.3 Å². The maximum Gasteiger partial charge on any atom is 0.490 e. The maximum atomic E-state index is 12.8. The van der Waals surface area contributed by atoms with Gasteiger partial charge in [-0.2, -0.15) is 31.3 Å². The molecule has 0 radical (unpaired) electrons. The zero-order valence-electron chi connectivity index (χ0n) is 18.2. The standard InChI is InChI=1S/C19H17F2N5O3.C2HF3O2/c20-18(21)15(8-22)10-26-19(27)25(23-24-26)9-12-2-1-3-13(6-12)14-4-5-16-17(7-14)29-11-28-16;3-2(4,5)1(6)7/h1-7H,8-11,22H2;(H,6,7). The number of carboxylic acids is 1. The molecule has 0 saturated heterocycles. The summed E-state index contributed by atoms with van der Waals surface area (Å²) >= 11 is 0. The van der Waals surface area contributed by atoms with E-state index in [-0.39, 0.29) is 25.5 Å². The van der Waals surface area contributed by atoms with E-state index in [0.29, 0.717) is 11.5 Å². The van der Waals surface area contributed by atoms with E-state index in [9.17, 15) is 26.7 Å². The minimum atomic E-state index is -5.08. The van der Waals surface area contributed by atoms with Gasteiger partial charge >= 0.3 is 17.8 Å². The SMILES string of the molecule is NCC(Cn1nnn(Cc2cccc(-c3ccc4c(c3)OCO4)c2)c1=O)=C(F)F.O=C(O)C(F)(F)F. The second kappa shape index (κ2) is 11.0. The van der Waals surface area contributed by atoms with Gasteiger partial charge in [-0.1, -0.05) is 24.3 Å². The molecular weight excluding hydrogens is 497 g/mol. The first-order valence-corrected chi connectivity index (χ1v) is 10.0. The fourth-order valence-corrected chi connectivity index (χ4v) is 2.99. The molecule has 1 aliphatic rings. The van der Waals surface area contributed by atoms with Gasteiger partial charge in [0.25, 0.3) is 6.08 Å². The lowest BCUT2D eigenvalue weighted by atomic mass is 10.0. The Kier molecular flexibility index (Phi) is 8.03. The van der Waals surface area contributed by atoms with Gasteiger partial charge in [0.15, 0.2) is 11.5 Å². The molecular formula is C21H18F5N5O5. The quantitative estimate of drug-likeness (QED) is 0.479. The number of carboxylic acid groups (broad SMARTS) is 1. The molecule has 1 aliphatic heterocycles. The van der Waals surface area contributed by atoms with Crippen molar-refractivity contribution < 1.29 is 41.3 Å². The summed E-state index contributed by atoms with van der Waals surface area (Å²) in [7, 11) is 0. The second-order valence-corrected chi connectivity index (χ2v) is 7.22. The van der Waals surface area contributed by atoms with Crippen molar-refractivity contribution in [1.82, 2.24) is 19.8 Å². The van der Waals surface area contributed by atoms with Crippen molar-refractivity contribution in [3.05, 3.63) is 70.2 Å². The molecule has 0 atom stereocenters. The van der Waals surface area contributed by atoms with Crippen LogP contribution in [0.15, 0.2) is 58.9 Å². The zero-order chi connectivity index (χ0) is 26.5. The lowest BCUT2D eigenvalue weighted by molar-refractivity contribution is -0.192. The van der Waals surface area contributed by atoms with E-state index in [1.807, 2.05) is 42.5 Å². The smallest absolute Gasteiger partial charge is 0.475 e. The van der Waals surface area contributed by atoms with Gasteiger partial charge in [-0.25, -0.2) is 9.59 Å². The van der Waals surface area contributed by atoms with E-state index in [1.165, 1.54) is 0 Å². The van der Waals surface area contributed by atoms with E-state index in [4.69, 9.17) is 25.1 Å². The molecule has 0 spiro atoms. The van der Waals surface area contributed by atoms with Crippen LogP contribution in [0, 0.1) is 0 Å².